The van der Waals surface area contributed by atoms with Crippen LogP contribution in [0.15, 0.2) is 71.9 Å². The third kappa shape index (κ3) is 4.50. The summed E-state index contributed by atoms with van der Waals surface area (Å²) >= 11 is 0. The van der Waals surface area contributed by atoms with Crippen molar-refractivity contribution in [2.24, 2.45) is 0 Å². The Hall–Kier alpha value is -3.32. The molecule has 0 aliphatic rings. The molecule has 0 radical (unpaired) electrons. The topological polar surface area (TPSA) is 77.5 Å². The standard InChI is InChI=1S/C21H20N2O4S/c1-26-18-9-11-19(12-10-18)28(24,25)23-20-6-4-3-5-16(20)7-8-17-13-14-22-15-21(17)27-2/h3-15,23H,1-2H3/b8-7+. The number of hydrogen-bond acceptors (Lipinski definition) is 5. The largest absolute Gasteiger partial charge is 0.497 e. The Morgan fingerprint density at radius 1 is 0.893 bits per heavy atom. The third-order valence-electron chi connectivity index (χ3n) is 4.05. The zero-order chi connectivity index (χ0) is 20.0. The van der Waals surface area contributed by atoms with Crippen molar-refractivity contribution in [2.45, 2.75) is 4.90 Å². The van der Waals surface area contributed by atoms with Crippen LogP contribution in [0.1, 0.15) is 11.1 Å². The summed E-state index contributed by atoms with van der Waals surface area (Å²) in [5.74, 6) is 1.23. The number of anilines is 1. The number of aromatic nitrogens is 1. The van der Waals surface area contributed by atoms with Gasteiger partial charge in [0, 0.05) is 11.8 Å². The smallest absolute Gasteiger partial charge is 0.261 e. The molecule has 0 fully saturated rings. The van der Waals surface area contributed by atoms with E-state index in [1.807, 2.05) is 30.4 Å². The summed E-state index contributed by atoms with van der Waals surface area (Å²) in [5.41, 5.74) is 2.03. The zero-order valence-electron chi connectivity index (χ0n) is 15.5. The molecular weight excluding hydrogens is 376 g/mol. The predicted molar refractivity (Wildman–Crippen MR) is 110 cm³/mol. The maximum absolute atomic E-state index is 12.7. The molecule has 6 nitrogen and oxygen atoms in total. The van der Waals surface area contributed by atoms with E-state index >= 15 is 0 Å². The van der Waals surface area contributed by atoms with Gasteiger partial charge in [-0.3, -0.25) is 9.71 Å². The number of methoxy groups -OCH3 is 2. The Bertz CT molecular complexity index is 1080. The number of benzene rings is 2. The average molecular weight is 396 g/mol. The molecule has 0 saturated carbocycles. The molecule has 0 aliphatic heterocycles. The molecule has 1 N–H and O–H groups in total. The lowest BCUT2D eigenvalue weighted by Crippen LogP contribution is -2.13. The van der Waals surface area contributed by atoms with Crippen LogP contribution in [-0.4, -0.2) is 27.6 Å². The zero-order valence-corrected chi connectivity index (χ0v) is 16.3. The molecule has 0 spiro atoms. The number of nitrogens with one attached hydrogen (secondary N) is 1. The van der Waals surface area contributed by atoms with E-state index in [0.29, 0.717) is 17.2 Å². The molecule has 0 amide bonds. The molecule has 1 heterocycles. The van der Waals surface area contributed by atoms with Crippen molar-refractivity contribution in [3.8, 4) is 11.5 Å². The highest BCUT2D eigenvalue weighted by atomic mass is 32.2. The van der Waals surface area contributed by atoms with E-state index in [1.54, 1.807) is 43.8 Å². The SMILES string of the molecule is COc1ccc(S(=O)(=O)Nc2ccccc2/C=C/c2ccncc2OC)cc1. The monoisotopic (exact) mass is 396 g/mol. The summed E-state index contributed by atoms with van der Waals surface area (Å²) in [5, 5.41) is 0. The van der Waals surface area contributed by atoms with E-state index in [1.165, 1.54) is 19.2 Å². The molecule has 0 aliphatic carbocycles. The van der Waals surface area contributed by atoms with E-state index in [9.17, 15) is 8.42 Å². The maximum atomic E-state index is 12.7. The number of ether oxygens (including phenoxy) is 2. The summed E-state index contributed by atoms with van der Waals surface area (Å²) in [6.45, 7) is 0. The van der Waals surface area contributed by atoms with Gasteiger partial charge in [-0.15, -0.1) is 0 Å². The van der Waals surface area contributed by atoms with E-state index < -0.39 is 10.0 Å². The highest BCUT2D eigenvalue weighted by molar-refractivity contribution is 7.92. The number of rotatable bonds is 7. The van der Waals surface area contributed by atoms with Crippen molar-refractivity contribution in [3.63, 3.8) is 0 Å². The van der Waals surface area contributed by atoms with E-state index in [2.05, 4.69) is 9.71 Å². The summed E-state index contributed by atoms with van der Waals surface area (Å²) in [4.78, 5) is 4.18. The lowest BCUT2D eigenvalue weighted by molar-refractivity contribution is 0.412. The van der Waals surface area contributed by atoms with Gasteiger partial charge in [0.05, 0.1) is 31.0 Å². The van der Waals surface area contributed by atoms with Crippen LogP contribution in [-0.2, 0) is 10.0 Å². The fourth-order valence-electron chi connectivity index (χ4n) is 2.57. The molecule has 1 aromatic heterocycles. The summed E-state index contributed by atoms with van der Waals surface area (Å²) < 4.78 is 38.4. The molecular formula is C21H20N2O4S. The first-order valence-corrected chi connectivity index (χ1v) is 9.94. The molecule has 0 bridgehead atoms. The summed E-state index contributed by atoms with van der Waals surface area (Å²) in [7, 11) is -0.626. The first kappa shape index (κ1) is 19.4. The van der Waals surface area contributed by atoms with Crippen LogP contribution in [0.4, 0.5) is 5.69 Å². The Morgan fingerprint density at radius 3 is 2.32 bits per heavy atom. The lowest BCUT2D eigenvalue weighted by atomic mass is 10.1. The van der Waals surface area contributed by atoms with Crippen molar-refractivity contribution < 1.29 is 17.9 Å². The van der Waals surface area contributed by atoms with Gasteiger partial charge in [-0.2, -0.15) is 0 Å². The lowest BCUT2D eigenvalue weighted by Gasteiger charge is -2.11. The van der Waals surface area contributed by atoms with Gasteiger partial charge in [-0.05, 0) is 42.0 Å². The van der Waals surface area contributed by atoms with Crippen molar-refractivity contribution in [1.29, 1.82) is 0 Å². The summed E-state index contributed by atoms with van der Waals surface area (Å²) in [6.07, 6.45) is 6.96. The Kier molecular flexibility index (Phi) is 5.96. The molecule has 0 atom stereocenters. The van der Waals surface area contributed by atoms with Gasteiger partial charge in [0.25, 0.3) is 10.0 Å². The first-order valence-electron chi connectivity index (χ1n) is 8.45. The van der Waals surface area contributed by atoms with Gasteiger partial charge in [0.1, 0.15) is 11.5 Å². The summed E-state index contributed by atoms with van der Waals surface area (Å²) in [6, 6.07) is 15.2. The van der Waals surface area contributed by atoms with Gasteiger partial charge in [-0.25, -0.2) is 8.42 Å². The van der Waals surface area contributed by atoms with Gasteiger partial charge < -0.3 is 9.47 Å². The van der Waals surface area contributed by atoms with Crippen molar-refractivity contribution in [1.82, 2.24) is 4.98 Å². The van der Waals surface area contributed by atoms with Crippen LogP contribution in [0.2, 0.25) is 0 Å². The van der Waals surface area contributed by atoms with Gasteiger partial charge in [-0.1, -0.05) is 30.4 Å². The van der Waals surface area contributed by atoms with Crippen molar-refractivity contribution in [3.05, 3.63) is 78.1 Å². The normalized spacial score (nSPS) is 11.4. The van der Waals surface area contributed by atoms with Crippen LogP contribution in [0.3, 0.4) is 0 Å². The molecule has 3 rings (SSSR count). The van der Waals surface area contributed by atoms with Crippen molar-refractivity contribution in [2.75, 3.05) is 18.9 Å². The van der Waals surface area contributed by atoms with E-state index in [4.69, 9.17) is 9.47 Å². The highest BCUT2D eigenvalue weighted by Gasteiger charge is 2.15. The van der Waals surface area contributed by atoms with Gasteiger partial charge >= 0.3 is 0 Å². The predicted octanol–water partition coefficient (Wildman–Crippen LogP) is 4.07. The number of hydrogen-bond donors (Lipinski definition) is 1. The van der Waals surface area contributed by atoms with Crippen LogP contribution >= 0.6 is 0 Å². The second-order valence-corrected chi connectivity index (χ2v) is 7.50. The minimum absolute atomic E-state index is 0.155. The van der Waals surface area contributed by atoms with E-state index in [-0.39, 0.29) is 4.90 Å². The highest BCUT2D eigenvalue weighted by Crippen LogP contribution is 2.25. The van der Waals surface area contributed by atoms with Crippen molar-refractivity contribution >= 4 is 27.9 Å². The molecule has 3 aromatic rings. The minimum atomic E-state index is -3.73. The molecule has 2 aromatic carbocycles. The Morgan fingerprint density at radius 2 is 1.61 bits per heavy atom. The van der Waals surface area contributed by atoms with Crippen LogP contribution in [0, 0.1) is 0 Å². The third-order valence-corrected chi connectivity index (χ3v) is 5.44. The molecule has 0 unspecified atom stereocenters. The fraction of sp³-hybridized carbons (Fsp3) is 0.0952. The second kappa shape index (κ2) is 8.58. The Labute approximate surface area is 164 Å². The molecule has 0 saturated heterocycles. The average Bonchev–Trinajstić information content (AvgIpc) is 2.73. The van der Waals surface area contributed by atoms with Crippen LogP contribution in [0.25, 0.3) is 12.2 Å². The number of para-hydroxylation sites is 1. The van der Waals surface area contributed by atoms with E-state index in [0.717, 1.165) is 11.1 Å². The quantitative estimate of drug-likeness (QED) is 0.651. The van der Waals surface area contributed by atoms with Gasteiger partial charge in [0.15, 0.2) is 0 Å². The van der Waals surface area contributed by atoms with Gasteiger partial charge in [0.2, 0.25) is 0 Å². The van der Waals surface area contributed by atoms with Crippen LogP contribution in [0.5, 0.6) is 11.5 Å². The number of pyridine rings is 1. The number of nitrogens with zero attached hydrogens (tertiary/aromatic N) is 1. The molecule has 7 heteroatoms. The molecule has 144 valence electrons. The minimum Gasteiger partial charge on any atom is -0.497 e. The second-order valence-electron chi connectivity index (χ2n) is 5.82. The molecule has 28 heavy (non-hydrogen) atoms. The Balaban J connectivity index is 1.88. The fourth-order valence-corrected chi connectivity index (χ4v) is 3.66. The van der Waals surface area contributed by atoms with Crippen LogP contribution < -0.4 is 14.2 Å². The first-order chi connectivity index (χ1) is 13.5. The maximum Gasteiger partial charge on any atom is 0.261 e. The number of sulfonamides is 1.